The molecule has 1 saturated heterocycles. The summed E-state index contributed by atoms with van der Waals surface area (Å²) >= 11 is 0. The fourth-order valence-corrected chi connectivity index (χ4v) is 2.89. The van der Waals surface area contributed by atoms with Gasteiger partial charge in [0.1, 0.15) is 11.9 Å². The Hall–Kier alpha value is -2.65. The van der Waals surface area contributed by atoms with Gasteiger partial charge in [0.25, 0.3) is 0 Å². The first-order valence-electron chi connectivity index (χ1n) is 9.03. The molecule has 0 aromatic rings. The van der Waals surface area contributed by atoms with Crippen LogP contribution in [0.2, 0.25) is 0 Å². The number of hydrogen-bond donors (Lipinski definition) is 0. The Morgan fingerprint density at radius 2 is 1.72 bits per heavy atom. The van der Waals surface area contributed by atoms with Gasteiger partial charge in [0.2, 0.25) is 5.88 Å². The molecule has 0 atom stereocenters. The van der Waals surface area contributed by atoms with E-state index in [9.17, 15) is 22.4 Å². The van der Waals surface area contributed by atoms with Crippen molar-refractivity contribution in [3.63, 3.8) is 0 Å². The minimum Gasteiger partial charge on any atom is -0.456 e. The van der Waals surface area contributed by atoms with Crippen molar-refractivity contribution < 1.29 is 36.6 Å². The molecule has 0 spiro atoms. The van der Waals surface area contributed by atoms with Gasteiger partial charge in [-0.25, -0.2) is 4.79 Å². The summed E-state index contributed by atoms with van der Waals surface area (Å²) in [7, 11) is 0. The highest BCUT2D eigenvalue weighted by Crippen LogP contribution is 2.46. The Labute approximate surface area is 165 Å². The molecule has 1 aliphatic carbocycles. The molecule has 0 bridgehead atoms. The molecule has 29 heavy (non-hydrogen) atoms. The molecule has 0 aromatic carbocycles. The van der Waals surface area contributed by atoms with E-state index in [0.717, 1.165) is 24.7 Å². The average Bonchev–Trinajstić information content (AvgIpc) is 2.63. The molecule has 2 aliphatic heterocycles. The van der Waals surface area contributed by atoms with Gasteiger partial charge in [0, 0.05) is 26.2 Å². The van der Waals surface area contributed by atoms with Crippen molar-refractivity contribution in [2.45, 2.75) is 38.2 Å². The van der Waals surface area contributed by atoms with E-state index in [2.05, 4.69) is 0 Å². The van der Waals surface area contributed by atoms with Crippen LogP contribution in [0, 0.1) is 0 Å². The first-order chi connectivity index (χ1) is 13.4. The third kappa shape index (κ3) is 4.35. The van der Waals surface area contributed by atoms with Gasteiger partial charge in [0.15, 0.2) is 12.0 Å². The predicted octanol–water partition coefficient (Wildman–Crippen LogP) is 3.99. The van der Waals surface area contributed by atoms with Crippen LogP contribution >= 0.6 is 0 Å². The number of halogens is 4. The number of carbonyl (C=O) groups is 1. The Balaban J connectivity index is 1.58. The van der Waals surface area contributed by atoms with Crippen LogP contribution in [0.15, 0.2) is 48.0 Å². The second-order valence-electron chi connectivity index (χ2n) is 7.77. The largest absolute Gasteiger partial charge is 0.456 e. The molecule has 0 aromatic heterocycles. The maximum absolute atomic E-state index is 14.0. The second-order valence-corrected chi connectivity index (χ2v) is 7.77. The van der Waals surface area contributed by atoms with E-state index in [0.29, 0.717) is 26.2 Å². The monoisotopic (exact) mass is 418 g/mol. The van der Waals surface area contributed by atoms with Crippen LogP contribution in [0.25, 0.3) is 0 Å². The summed E-state index contributed by atoms with van der Waals surface area (Å²) < 4.78 is 70.8. The quantitative estimate of drug-likeness (QED) is 0.635. The molecule has 3 rings (SSSR count). The van der Waals surface area contributed by atoms with Gasteiger partial charge in [0.05, 0.1) is 5.57 Å². The van der Waals surface area contributed by atoms with Crippen LogP contribution in [0.1, 0.15) is 20.8 Å². The zero-order valence-corrected chi connectivity index (χ0v) is 16.3. The molecule has 1 fully saturated rings. The Kier molecular flexibility index (Phi) is 5.31. The van der Waals surface area contributed by atoms with E-state index in [-0.39, 0.29) is 12.0 Å². The number of rotatable bonds is 2. The number of ether oxygens (including phenoxy) is 3. The molecule has 2 heterocycles. The predicted molar refractivity (Wildman–Crippen MR) is 94.8 cm³/mol. The van der Waals surface area contributed by atoms with Crippen molar-refractivity contribution in [3.8, 4) is 0 Å². The molecule has 10 heteroatoms. The van der Waals surface area contributed by atoms with Gasteiger partial charge in [-0.05, 0) is 32.9 Å². The summed E-state index contributed by atoms with van der Waals surface area (Å²) in [5.74, 6) is -8.99. The van der Waals surface area contributed by atoms with Crippen molar-refractivity contribution in [2.75, 3.05) is 26.2 Å². The van der Waals surface area contributed by atoms with Gasteiger partial charge in [-0.15, -0.1) is 0 Å². The first kappa shape index (κ1) is 21.1. The molecule has 160 valence electrons. The van der Waals surface area contributed by atoms with E-state index in [1.807, 2.05) is 0 Å². The van der Waals surface area contributed by atoms with Gasteiger partial charge in [-0.3, -0.25) is 0 Å². The van der Waals surface area contributed by atoms with E-state index in [1.165, 1.54) is 0 Å². The van der Waals surface area contributed by atoms with E-state index >= 15 is 0 Å². The molecule has 0 N–H and O–H groups in total. The van der Waals surface area contributed by atoms with Crippen LogP contribution < -0.4 is 0 Å². The summed E-state index contributed by atoms with van der Waals surface area (Å²) in [6, 6.07) is 0. The molecule has 0 unspecified atom stereocenters. The molecular weight excluding hydrogens is 396 g/mol. The number of nitrogens with zero attached hydrogens (tertiary/aromatic N) is 2. The van der Waals surface area contributed by atoms with Crippen molar-refractivity contribution in [1.29, 1.82) is 0 Å². The summed E-state index contributed by atoms with van der Waals surface area (Å²) in [6.45, 7) is 6.87. The number of alkyl halides is 4. The highest BCUT2D eigenvalue weighted by Gasteiger charge is 2.59. The second kappa shape index (κ2) is 7.31. The third-order valence-corrected chi connectivity index (χ3v) is 4.41. The summed E-state index contributed by atoms with van der Waals surface area (Å²) in [5.41, 5.74) is -1.56. The number of allylic oxidation sites excluding steroid dienone is 4. The van der Waals surface area contributed by atoms with Crippen LogP contribution in [-0.2, 0) is 14.2 Å². The van der Waals surface area contributed by atoms with Gasteiger partial charge in [-0.2, -0.15) is 17.6 Å². The average molecular weight is 418 g/mol. The number of amides is 1. The standard InChI is InChI=1S/C19H22F4N2O4/c1-17(2,3)29-16(26)25-9-7-24(8-10-25)15-12-27-14(11-28-15)13-5-4-6-18(20,21)19(13,22)23/h4-6,11-12H,7-10H2,1-3H3. The zero-order chi connectivity index (χ0) is 21.4. The maximum Gasteiger partial charge on any atom is 0.410 e. The molecule has 6 nitrogen and oxygen atoms in total. The van der Waals surface area contributed by atoms with Crippen LogP contribution in [0.4, 0.5) is 22.4 Å². The fraction of sp³-hybridized carbons (Fsp3) is 0.526. The van der Waals surface area contributed by atoms with Crippen molar-refractivity contribution in [2.24, 2.45) is 0 Å². The Bertz CT molecular complexity index is 789. The van der Waals surface area contributed by atoms with Crippen LogP contribution in [-0.4, -0.2) is 59.5 Å². The van der Waals surface area contributed by atoms with Crippen LogP contribution in [0.3, 0.4) is 0 Å². The Morgan fingerprint density at radius 3 is 2.28 bits per heavy atom. The van der Waals surface area contributed by atoms with Crippen molar-refractivity contribution in [1.82, 2.24) is 9.80 Å². The van der Waals surface area contributed by atoms with Crippen molar-refractivity contribution in [3.05, 3.63) is 48.0 Å². The SMILES string of the molecule is CC(C)(C)OC(=O)N1CCN(C2=COC(C3=CC=CC(F)(F)C3(F)F)=CO2)CC1. The number of piperazine rings is 1. The summed E-state index contributed by atoms with van der Waals surface area (Å²) in [4.78, 5) is 15.4. The first-order valence-corrected chi connectivity index (χ1v) is 9.03. The lowest BCUT2D eigenvalue weighted by Gasteiger charge is -2.37. The van der Waals surface area contributed by atoms with E-state index < -0.39 is 34.9 Å². The van der Waals surface area contributed by atoms with Crippen LogP contribution in [0.5, 0.6) is 0 Å². The molecule has 0 radical (unpaired) electrons. The molecule has 3 aliphatic rings. The van der Waals surface area contributed by atoms with Gasteiger partial charge < -0.3 is 24.0 Å². The summed E-state index contributed by atoms with van der Waals surface area (Å²) in [5, 5.41) is 0. The molecule has 0 saturated carbocycles. The normalized spacial score (nSPS) is 23.3. The molecular formula is C19H22F4N2O4. The Morgan fingerprint density at radius 1 is 1.07 bits per heavy atom. The highest BCUT2D eigenvalue weighted by molar-refractivity contribution is 5.68. The molecule has 1 amide bonds. The topological polar surface area (TPSA) is 51.2 Å². The van der Waals surface area contributed by atoms with E-state index in [1.54, 1.807) is 30.6 Å². The minimum absolute atomic E-state index is 0.145. The summed E-state index contributed by atoms with van der Waals surface area (Å²) in [6.07, 6.45) is 3.41. The van der Waals surface area contributed by atoms with Gasteiger partial charge in [-0.1, -0.05) is 6.08 Å². The van der Waals surface area contributed by atoms with E-state index in [4.69, 9.17) is 14.2 Å². The van der Waals surface area contributed by atoms with Crippen molar-refractivity contribution >= 4 is 6.09 Å². The lowest BCUT2D eigenvalue weighted by Crippen LogP contribution is -2.49. The maximum atomic E-state index is 14.0. The third-order valence-electron chi connectivity index (χ3n) is 4.41. The number of carbonyl (C=O) groups excluding carboxylic acids is 1. The lowest BCUT2D eigenvalue weighted by molar-refractivity contribution is -0.156. The lowest BCUT2D eigenvalue weighted by atomic mass is 9.95. The highest BCUT2D eigenvalue weighted by atomic mass is 19.3. The van der Waals surface area contributed by atoms with Gasteiger partial charge >= 0.3 is 17.9 Å². The number of hydrogen-bond acceptors (Lipinski definition) is 5. The smallest absolute Gasteiger partial charge is 0.410 e. The zero-order valence-electron chi connectivity index (χ0n) is 16.3. The fourth-order valence-electron chi connectivity index (χ4n) is 2.89. The minimum atomic E-state index is -4.42.